The normalized spacial score (nSPS) is 11.0. The summed E-state index contributed by atoms with van der Waals surface area (Å²) in [4.78, 5) is 25.3. The number of likely N-dealkylation sites (N-methyl/N-ethyl adjacent to an activating group) is 1. The number of carbonyl (C=O) groups is 2. The molecule has 0 saturated heterocycles. The Morgan fingerprint density at radius 2 is 1.86 bits per heavy atom. The number of nitrogens with zero attached hydrogens (tertiary/aromatic N) is 1. The molecule has 0 aliphatic rings. The van der Waals surface area contributed by atoms with E-state index in [1.807, 2.05) is 13.8 Å². The largest absolute Gasteiger partial charge is 0.355 e. The van der Waals surface area contributed by atoms with E-state index in [0.717, 1.165) is 0 Å². The maximum Gasteiger partial charge on any atom is 0.234 e. The van der Waals surface area contributed by atoms with E-state index >= 15 is 0 Å². The second kappa shape index (κ2) is 8.52. The van der Waals surface area contributed by atoms with E-state index in [1.54, 1.807) is 11.9 Å². The van der Waals surface area contributed by atoms with Crippen LogP contribution < -0.4 is 5.32 Å². The van der Waals surface area contributed by atoms with Gasteiger partial charge in [-0.3, -0.25) is 14.5 Å². The van der Waals surface area contributed by atoms with Gasteiger partial charge in [-0.25, -0.2) is 4.39 Å². The Morgan fingerprint density at radius 1 is 1.24 bits per heavy atom. The maximum atomic E-state index is 12.8. The number of ketones is 1. The van der Waals surface area contributed by atoms with Gasteiger partial charge in [-0.1, -0.05) is 13.8 Å². The number of rotatable bonds is 8. The second-order valence-electron chi connectivity index (χ2n) is 5.62. The Balaban J connectivity index is 2.32. The molecule has 0 aromatic heterocycles. The first kappa shape index (κ1) is 17.3. The lowest BCUT2D eigenvalue weighted by Gasteiger charge is -2.16. The Morgan fingerprint density at radius 3 is 2.43 bits per heavy atom. The number of carbonyl (C=O) groups excluding carboxylic acids is 2. The smallest absolute Gasteiger partial charge is 0.234 e. The molecule has 0 heterocycles. The lowest BCUT2D eigenvalue weighted by molar-refractivity contribution is -0.122. The Hall–Kier alpha value is -1.75. The Bertz CT molecular complexity index is 472. The van der Waals surface area contributed by atoms with Crippen molar-refractivity contribution >= 4 is 11.7 Å². The molecule has 1 aromatic rings. The number of hydrogen-bond donors (Lipinski definition) is 1. The van der Waals surface area contributed by atoms with Gasteiger partial charge in [0.2, 0.25) is 5.91 Å². The molecule has 5 heteroatoms. The summed E-state index contributed by atoms with van der Waals surface area (Å²) in [6.45, 7) is 5.48. The number of benzene rings is 1. The van der Waals surface area contributed by atoms with E-state index in [1.165, 1.54) is 24.3 Å². The van der Waals surface area contributed by atoms with Gasteiger partial charge in [-0.2, -0.15) is 0 Å². The second-order valence-corrected chi connectivity index (χ2v) is 5.62. The molecule has 0 unspecified atom stereocenters. The molecule has 0 spiro atoms. The summed E-state index contributed by atoms with van der Waals surface area (Å²) in [6.07, 6.45) is 0.305. The lowest BCUT2D eigenvalue weighted by atomic mass is 10.1. The molecule has 0 fully saturated rings. The van der Waals surface area contributed by atoms with Gasteiger partial charge in [0.25, 0.3) is 0 Å². The molecule has 116 valence electrons. The summed E-state index contributed by atoms with van der Waals surface area (Å²) in [5.74, 6) is -0.0327. The van der Waals surface area contributed by atoms with Crippen LogP contribution in [0.25, 0.3) is 0 Å². The van der Waals surface area contributed by atoms with Crippen LogP contribution in [0.15, 0.2) is 24.3 Å². The number of Topliss-reactive ketones (excluding diaryl/α,β-unsaturated/α-hetero) is 1. The third-order valence-electron chi connectivity index (χ3n) is 3.01. The molecule has 4 nitrogen and oxygen atoms in total. The average Bonchev–Trinajstić information content (AvgIpc) is 2.43. The summed E-state index contributed by atoms with van der Waals surface area (Å²) in [5.41, 5.74) is 0.494. The van der Waals surface area contributed by atoms with Crippen molar-refractivity contribution in [2.75, 3.05) is 26.7 Å². The van der Waals surface area contributed by atoms with Gasteiger partial charge in [0, 0.05) is 25.1 Å². The predicted octanol–water partition coefficient (Wildman–Crippen LogP) is 2.10. The molecule has 0 radical (unpaired) electrons. The average molecular weight is 294 g/mol. The van der Waals surface area contributed by atoms with Gasteiger partial charge in [0.15, 0.2) is 5.78 Å². The van der Waals surface area contributed by atoms with E-state index in [0.29, 0.717) is 31.0 Å². The van der Waals surface area contributed by atoms with Gasteiger partial charge >= 0.3 is 0 Å². The standard InChI is InChI=1S/C16H23FN2O2/c1-12(2)10-18-16(21)11-19(3)9-8-15(20)13-4-6-14(17)7-5-13/h4-7,12H,8-11H2,1-3H3,(H,18,21). The summed E-state index contributed by atoms with van der Waals surface area (Å²) < 4.78 is 12.8. The highest BCUT2D eigenvalue weighted by atomic mass is 19.1. The minimum Gasteiger partial charge on any atom is -0.355 e. The van der Waals surface area contributed by atoms with Gasteiger partial charge in [0.05, 0.1) is 6.54 Å². The number of hydrogen-bond acceptors (Lipinski definition) is 3. The first-order chi connectivity index (χ1) is 9.88. The quantitative estimate of drug-likeness (QED) is 0.747. The highest BCUT2D eigenvalue weighted by molar-refractivity contribution is 5.96. The van der Waals surface area contributed by atoms with Crippen LogP contribution in [-0.2, 0) is 4.79 Å². The fourth-order valence-electron chi connectivity index (χ4n) is 1.77. The van der Waals surface area contributed by atoms with Crippen LogP contribution in [0.1, 0.15) is 30.6 Å². The zero-order chi connectivity index (χ0) is 15.8. The van der Waals surface area contributed by atoms with Crippen LogP contribution in [0.4, 0.5) is 4.39 Å². The molecule has 0 bridgehead atoms. The minimum atomic E-state index is -0.356. The third kappa shape index (κ3) is 6.99. The zero-order valence-electron chi connectivity index (χ0n) is 12.9. The van der Waals surface area contributed by atoms with E-state index in [-0.39, 0.29) is 24.1 Å². The Labute approximate surface area is 125 Å². The van der Waals surface area contributed by atoms with Crippen LogP contribution in [0, 0.1) is 11.7 Å². The van der Waals surface area contributed by atoms with Gasteiger partial charge < -0.3 is 5.32 Å². The minimum absolute atomic E-state index is 0.0413. The summed E-state index contributed by atoms with van der Waals surface area (Å²) in [5, 5.41) is 2.83. The molecule has 21 heavy (non-hydrogen) atoms. The SMILES string of the molecule is CC(C)CNC(=O)CN(C)CCC(=O)c1ccc(F)cc1. The summed E-state index contributed by atoms with van der Waals surface area (Å²) >= 11 is 0. The van der Waals surface area contributed by atoms with Gasteiger partial charge in [0.1, 0.15) is 5.82 Å². The van der Waals surface area contributed by atoms with Crippen LogP contribution in [0.5, 0.6) is 0 Å². The third-order valence-corrected chi connectivity index (χ3v) is 3.01. The van der Waals surface area contributed by atoms with Crippen molar-refractivity contribution in [3.8, 4) is 0 Å². The highest BCUT2D eigenvalue weighted by Gasteiger charge is 2.10. The van der Waals surface area contributed by atoms with E-state index in [4.69, 9.17) is 0 Å². The van der Waals surface area contributed by atoms with E-state index < -0.39 is 0 Å². The van der Waals surface area contributed by atoms with Crippen molar-refractivity contribution in [3.63, 3.8) is 0 Å². The maximum absolute atomic E-state index is 12.8. The molecule has 0 aliphatic heterocycles. The summed E-state index contributed by atoms with van der Waals surface area (Å²) in [6, 6.07) is 5.51. The molecule has 0 saturated carbocycles. The monoisotopic (exact) mass is 294 g/mol. The highest BCUT2D eigenvalue weighted by Crippen LogP contribution is 2.06. The van der Waals surface area contributed by atoms with E-state index in [2.05, 4.69) is 5.32 Å². The molecular formula is C16H23FN2O2. The number of nitrogens with one attached hydrogen (secondary N) is 1. The first-order valence-electron chi connectivity index (χ1n) is 7.12. The van der Waals surface area contributed by atoms with Crippen LogP contribution >= 0.6 is 0 Å². The van der Waals surface area contributed by atoms with Crippen molar-refractivity contribution in [3.05, 3.63) is 35.6 Å². The summed E-state index contributed by atoms with van der Waals surface area (Å²) in [7, 11) is 1.80. The topological polar surface area (TPSA) is 49.4 Å². The predicted molar refractivity (Wildman–Crippen MR) is 80.7 cm³/mol. The molecular weight excluding hydrogens is 271 g/mol. The van der Waals surface area contributed by atoms with Crippen molar-refractivity contribution in [1.29, 1.82) is 0 Å². The zero-order valence-corrected chi connectivity index (χ0v) is 12.9. The van der Waals surface area contributed by atoms with Crippen molar-refractivity contribution in [1.82, 2.24) is 10.2 Å². The molecule has 0 atom stereocenters. The first-order valence-corrected chi connectivity index (χ1v) is 7.12. The molecule has 1 N–H and O–H groups in total. The molecule has 1 rings (SSSR count). The van der Waals surface area contributed by atoms with E-state index in [9.17, 15) is 14.0 Å². The lowest BCUT2D eigenvalue weighted by Crippen LogP contribution is -2.37. The molecule has 0 aliphatic carbocycles. The van der Waals surface area contributed by atoms with Crippen molar-refractivity contribution in [2.24, 2.45) is 5.92 Å². The van der Waals surface area contributed by atoms with Crippen LogP contribution in [-0.4, -0.2) is 43.3 Å². The fourth-order valence-corrected chi connectivity index (χ4v) is 1.77. The molecule has 1 amide bonds. The van der Waals surface area contributed by atoms with Gasteiger partial charge in [-0.05, 0) is 37.2 Å². The van der Waals surface area contributed by atoms with Crippen LogP contribution in [0.2, 0.25) is 0 Å². The van der Waals surface area contributed by atoms with Gasteiger partial charge in [-0.15, -0.1) is 0 Å². The van der Waals surface area contributed by atoms with Crippen molar-refractivity contribution < 1.29 is 14.0 Å². The number of amides is 1. The Kier molecular flexibility index (Phi) is 7.02. The fraction of sp³-hybridized carbons (Fsp3) is 0.500. The van der Waals surface area contributed by atoms with Crippen LogP contribution in [0.3, 0.4) is 0 Å². The number of halogens is 1. The van der Waals surface area contributed by atoms with Crippen molar-refractivity contribution in [2.45, 2.75) is 20.3 Å². The molecule has 1 aromatic carbocycles.